The van der Waals surface area contributed by atoms with Gasteiger partial charge in [-0.25, -0.2) is 0 Å². The summed E-state index contributed by atoms with van der Waals surface area (Å²) in [5, 5.41) is 21.6. The number of hydrogen-bond acceptors (Lipinski definition) is 7. The molecule has 1 aliphatic carbocycles. The highest BCUT2D eigenvalue weighted by atomic mass is 32.2. The summed E-state index contributed by atoms with van der Waals surface area (Å²) >= 11 is 6.50. The Morgan fingerprint density at radius 2 is 2.14 bits per heavy atom. The molecule has 0 bridgehead atoms. The summed E-state index contributed by atoms with van der Waals surface area (Å²) in [5.74, 6) is 0.198. The fraction of sp³-hybridized carbons (Fsp3) is 0.474. The molecule has 2 aliphatic rings. The number of ether oxygens (including phenoxy) is 1. The third-order valence-electron chi connectivity index (χ3n) is 5.00. The highest BCUT2D eigenvalue weighted by Gasteiger charge is 2.33. The van der Waals surface area contributed by atoms with Crippen LogP contribution in [0.3, 0.4) is 0 Å². The van der Waals surface area contributed by atoms with Crippen LogP contribution in [0.2, 0.25) is 0 Å². The number of hydrogen-bond donors (Lipinski definition) is 1. The number of thiocarbonyl (C=S) groups is 1. The van der Waals surface area contributed by atoms with E-state index in [9.17, 15) is 20.0 Å². The number of rotatable bonds is 7. The zero-order valence-corrected chi connectivity index (χ0v) is 17.2. The first-order valence-corrected chi connectivity index (χ1v) is 10.5. The minimum atomic E-state index is -0.563. The molecule has 1 N–H and O–H groups in total. The van der Waals surface area contributed by atoms with Gasteiger partial charge in [0.25, 0.3) is 11.6 Å². The fourth-order valence-electron chi connectivity index (χ4n) is 3.54. The van der Waals surface area contributed by atoms with Gasteiger partial charge in [0.15, 0.2) is 11.5 Å². The van der Waals surface area contributed by atoms with Gasteiger partial charge in [-0.15, -0.1) is 0 Å². The first kappa shape index (κ1) is 20.6. The molecule has 0 spiro atoms. The molecule has 1 heterocycles. The number of phenols is 1. The van der Waals surface area contributed by atoms with E-state index < -0.39 is 4.92 Å². The Labute approximate surface area is 172 Å². The molecule has 1 saturated carbocycles. The van der Waals surface area contributed by atoms with Crippen molar-refractivity contribution in [3.63, 3.8) is 0 Å². The van der Waals surface area contributed by atoms with Gasteiger partial charge >= 0.3 is 0 Å². The molecule has 1 aliphatic heterocycles. The van der Waals surface area contributed by atoms with E-state index in [4.69, 9.17) is 17.0 Å². The summed E-state index contributed by atoms with van der Waals surface area (Å²) in [6.07, 6.45) is 7.27. The predicted molar refractivity (Wildman–Crippen MR) is 112 cm³/mol. The van der Waals surface area contributed by atoms with Crippen molar-refractivity contribution in [2.75, 3.05) is 13.2 Å². The van der Waals surface area contributed by atoms with Crippen LogP contribution in [0, 0.1) is 16.0 Å². The maximum atomic E-state index is 12.8. The molecule has 1 aromatic carbocycles. The molecule has 0 radical (unpaired) electrons. The molecule has 1 aromatic rings. The lowest BCUT2D eigenvalue weighted by atomic mass is 10.0. The number of aromatic hydroxyl groups is 1. The van der Waals surface area contributed by atoms with Gasteiger partial charge < -0.3 is 9.84 Å². The number of phenolic OH excluding ortho intramolecular Hbond substituents is 1. The number of thioether (sulfide) groups is 1. The molecule has 28 heavy (non-hydrogen) atoms. The molecule has 9 heteroatoms. The van der Waals surface area contributed by atoms with Gasteiger partial charge in [-0.05, 0) is 25.3 Å². The van der Waals surface area contributed by atoms with E-state index in [0.29, 0.717) is 21.7 Å². The monoisotopic (exact) mass is 422 g/mol. The first-order valence-electron chi connectivity index (χ1n) is 9.30. The Morgan fingerprint density at radius 3 is 2.79 bits per heavy atom. The lowest BCUT2D eigenvalue weighted by molar-refractivity contribution is -0.385. The van der Waals surface area contributed by atoms with Crippen molar-refractivity contribution in [1.29, 1.82) is 0 Å². The van der Waals surface area contributed by atoms with Crippen molar-refractivity contribution in [1.82, 2.24) is 4.90 Å². The maximum Gasteiger partial charge on any atom is 0.274 e. The van der Waals surface area contributed by atoms with Crippen molar-refractivity contribution in [3.8, 4) is 11.5 Å². The van der Waals surface area contributed by atoms with Crippen molar-refractivity contribution >= 4 is 46.0 Å². The van der Waals surface area contributed by atoms with Gasteiger partial charge in [-0.1, -0.05) is 49.7 Å². The largest absolute Gasteiger partial charge is 0.504 e. The number of non-ortho nitro benzene ring substituents is 1. The highest BCUT2D eigenvalue weighted by Crippen LogP contribution is 2.40. The van der Waals surface area contributed by atoms with E-state index in [-0.39, 0.29) is 35.3 Å². The SMILES string of the molecule is CCOc1cc([N+](=O)[O-])cc(C=C2SC(=S)N(CCC3CCCC3)C2=O)c1O. The van der Waals surface area contributed by atoms with Crippen molar-refractivity contribution < 1.29 is 19.6 Å². The van der Waals surface area contributed by atoms with E-state index in [1.54, 1.807) is 11.8 Å². The highest BCUT2D eigenvalue weighted by molar-refractivity contribution is 8.26. The van der Waals surface area contributed by atoms with E-state index in [1.165, 1.54) is 43.9 Å². The predicted octanol–water partition coefficient (Wildman–Crippen LogP) is 4.48. The number of carbonyl (C=O) groups excluding carboxylic acids is 1. The van der Waals surface area contributed by atoms with Crippen LogP contribution in [0.25, 0.3) is 6.08 Å². The Balaban J connectivity index is 1.83. The minimum absolute atomic E-state index is 0.0136. The average Bonchev–Trinajstić information content (AvgIpc) is 3.25. The van der Waals surface area contributed by atoms with Gasteiger partial charge in [0.1, 0.15) is 4.32 Å². The number of benzene rings is 1. The molecule has 0 atom stereocenters. The molecule has 1 saturated heterocycles. The van der Waals surface area contributed by atoms with E-state index in [2.05, 4.69) is 0 Å². The third-order valence-corrected chi connectivity index (χ3v) is 6.37. The molecule has 0 unspecified atom stereocenters. The van der Waals surface area contributed by atoms with Crippen LogP contribution >= 0.6 is 24.0 Å². The van der Waals surface area contributed by atoms with Crippen LogP contribution in [-0.2, 0) is 4.79 Å². The van der Waals surface area contributed by atoms with Crippen molar-refractivity contribution in [3.05, 3.63) is 32.7 Å². The smallest absolute Gasteiger partial charge is 0.274 e. The molecule has 7 nitrogen and oxygen atoms in total. The van der Waals surface area contributed by atoms with Crippen LogP contribution in [0.4, 0.5) is 5.69 Å². The first-order chi connectivity index (χ1) is 13.4. The average molecular weight is 423 g/mol. The zero-order chi connectivity index (χ0) is 20.3. The quantitative estimate of drug-likeness (QED) is 0.300. The van der Waals surface area contributed by atoms with Crippen LogP contribution < -0.4 is 4.74 Å². The second-order valence-corrected chi connectivity index (χ2v) is 8.52. The Kier molecular flexibility index (Phi) is 6.56. The van der Waals surface area contributed by atoms with Crippen LogP contribution in [0.15, 0.2) is 17.0 Å². The Hall–Kier alpha value is -2.13. The lowest BCUT2D eigenvalue weighted by Crippen LogP contribution is -2.30. The van der Waals surface area contributed by atoms with E-state index >= 15 is 0 Å². The van der Waals surface area contributed by atoms with Crippen molar-refractivity contribution in [2.24, 2.45) is 5.92 Å². The molecule has 150 valence electrons. The molecule has 0 aromatic heterocycles. The van der Waals surface area contributed by atoms with Gasteiger partial charge in [0.05, 0.1) is 22.5 Å². The molecule has 2 fully saturated rings. The molecular formula is C19H22N2O5S2. The van der Waals surface area contributed by atoms with Crippen LogP contribution in [-0.4, -0.2) is 38.3 Å². The summed E-state index contributed by atoms with van der Waals surface area (Å²) in [7, 11) is 0. The van der Waals surface area contributed by atoms with Gasteiger partial charge in [-0.3, -0.25) is 19.8 Å². The summed E-state index contributed by atoms with van der Waals surface area (Å²) in [5.41, 5.74) is -0.0573. The molecule has 3 rings (SSSR count). The van der Waals surface area contributed by atoms with E-state index in [1.807, 2.05) is 0 Å². The Morgan fingerprint density at radius 1 is 1.43 bits per heavy atom. The van der Waals surface area contributed by atoms with E-state index in [0.717, 1.165) is 18.2 Å². The van der Waals surface area contributed by atoms with Crippen molar-refractivity contribution in [2.45, 2.75) is 39.0 Å². The number of nitrogens with zero attached hydrogens (tertiary/aromatic N) is 2. The Bertz CT molecular complexity index is 834. The van der Waals surface area contributed by atoms with Crippen LogP contribution in [0.5, 0.6) is 11.5 Å². The third kappa shape index (κ3) is 4.47. The topological polar surface area (TPSA) is 92.9 Å². The maximum absolute atomic E-state index is 12.8. The number of amides is 1. The normalized spacial score (nSPS) is 19.0. The van der Waals surface area contributed by atoms with Gasteiger partial charge in [0.2, 0.25) is 0 Å². The summed E-state index contributed by atoms with van der Waals surface area (Å²) < 4.78 is 5.76. The standard InChI is InChI=1S/C19H22N2O5S2/c1-2-26-15-11-14(21(24)25)9-13(17(15)22)10-16-18(23)20(19(27)28-16)8-7-12-5-3-4-6-12/h9-12,22H,2-8H2,1H3. The van der Waals surface area contributed by atoms with Gasteiger partial charge in [0, 0.05) is 18.2 Å². The van der Waals surface area contributed by atoms with Gasteiger partial charge in [-0.2, -0.15) is 0 Å². The fourth-order valence-corrected chi connectivity index (χ4v) is 4.84. The van der Waals surface area contributed by atoms with Crippen LogP contribution in [0.1, 0.15) is 44.6 Å². The second-order valence-electron chi connectivity index (χ2n) is 6.84. The lowest BCUT2D eigenvalue weighted by Gasteiger charge is -2.17. The molecule has 1 amide bonds. The summed E-state index contributed by atoms with van der Waals surface area (Å²) in [4.78, 5) is 25.3. The number of nitro benzene ring substituents is 1. The summed E-state index contributed by atoms with van der Waals surface area (Å²) in [6.45, 7) is 2.54. The zero-order valence-electron chi connectivity index (χ0n) is 15.6. The molecular weight excluding hydrogens is 400 g/mol. The number of carbonyl (C=O) groups is 1. The second kappa shape index (κ2) is 8.91. The number of nitro groups is 1. The minimum Gasteiger partial charge on any atom is -0.504 e. The summed E-state index contributed by atoms with van der Waals surface area (Å²) in [6, 6.07) is 2.39.